The second-order valence-corrected chi connectivity index (χ2v) is 16.5. The molecule has 0 saturated carbocycles. The Morgan fingerprint density at radius 1 is 0.412 bits per heavy atom. The van der Waals surface area contributed by atoms with Crippen LogP contribution in [0.2, 0.25) is 0 Å². The van der Waals surface area contributed by atoms with Crippen LogP contribution in [0, 0.1) is 0 Å². The lowest BCUT2D eigenvalue weighted by molar-refractivity contribution is -0.557. The van der Waals surface area contributed by atoms with E-state index in [1.807, 2.05) is 0 Å². The first-order chi connectivity index (χ1) is 16.4. The molecular formula is C24H48ClN7P2. The van der Waals surface area contributed by atoms with Crippen molar-refractivity contribution in [3.05, 3.63) is 0 Å². The topological polar surface area (TPSA) is 22.5 Å². The average Bonchev–Trinajstić information content (AvgIpc) is 3.71. The highest BCUT2D eigenvalue weighted by Gasteiger charge is 2.58. The molecule has 6 aliphatic heterocycles. The largest absolute Gasteiger partial charge is 1.00 e. The van der Waals surface area contributed by atoms with Gasteiger partial charge >= 0.3 is 15.9 Å². The van der Waals surface area contributed by atoms with Crippen molar-refractivity contribution in [2.24, 2.45) is 0 Å². The highest BCUT2D eigenvalue weighted by atomic mass is 35.5. The van der Waals surface area contributed by atoms with E-state index in [0.717, 1.165) is 0 Å². The molecule has 0 radical (unpaired) electrons. The smallest absolute Gasteiger partial charge is 0.373 e. The van der Waals surface area contributed by atoms with Gasteiger partial charge in [0.15, 0.2) is 0 Å². The number of hydrazine groups is 1. The fraction of sp³-hybridized carbons (Fsp3) is 1.00. The second-order valence-electron chi connectivity index (χ2n) is 11.0. The minimum Gasteiger partial charge on any atom is -1.00 e. The Morgan fingerprint density at radius 3 is 1.06 bits per heavy atom. The molecule has 196 valence electrons. The maximum absolute atomic E-state index is 3.22. The number of halogens is 1. The molecule has 10 heteroatoms. The Hall–Kier alpha value is 0.710. The quantitative estimate of drug-likeness (QED) is 0.463. The Balaban J connectivity index is 0.00000241. The molecule has 0 atom stereocenters. The van der Waals surface area contributed by atoms with Gasteiger partial charge in [-0.05, 0) is 77.0 Å². The fourth-order valence-electron chi connectivity index (χ4n) is 7.22. The first kappa shape index (κ1) is 26.3. The zero-order valence-electron chi connectivity index (χ0n) is 21.4. The lowest BCUT2D eigenvalue weighted by Crippen LogP contribution is -3.00. The number of nitrogens with zero attached hydrogens (tertiary/aromatic N) is 7. The number of hydrogen-bond donors (Lipinski definition) is 0. The molecule has 0 aliphatic carbocycles. The average molecular weight is 532 g/mol. The van der Waals surface area contributed by atoms with Gasteiger partial charge in [0, 0.05) is 65.4 Å². The van der Waals surface area contributed by atoms with Crippen LogP contribution in [0.25, 0.3) is 0 Å². The molecule has 34 heavy (non-hydrogen) atoms. The van der Waals surface area contributed by atoms with Crippen molar-refractivity contribution in [2.75, 3.05) is 78.5 Å². The zero-order valence-corrected chi connectivity index (χ0v) is 23.9. The SMILES string of the molecule is C1CCN([N+](P(N2CCCC2)N2CCCC2)=P(N2CCCC2)(N2CCCC2)N2CCCC2)C1.[Cl-]. The van der Waals surface area contributed by atoms with Crippen LogP contribution in [0.15, 0.2) is 0 Å². The Kier molecular flexibility index (Phi) is 9.33. The molecule has 6 saturated heterocycles. The lowest BCUT2D eigenvalue weighted by Gasteiger charge is -2.45. The van der Waals surface area contributed by atoms with Gasteiger partial charge in [0.2, 0.25) is 0 Å². The third-order valence-corrected chi connectivity index (χ3v) is 16.6. The van der Waals surface area contributed by atoms with Crippen molar-refractivity contribution in [1.29, 1.82) is 0 Å². The van der Waals surface area contributed by atoms with Gasteiger partial charge in [-0.1, -0.05) is 9.22 Å². The van der Waals surface area contributed by atoms with Gasteiger partial charge in [-0.15, -0.1) is 0 Å². The van der Waals surface area contributed by atoms with E-state index in [-0.39, 0.29) is 12.4 Å². The van der Waals surface area contributed by atoms with Crippen LogP contribution in [0.5, 0.6) is 0 Å². The van der Waals surface area contributed by atoms with Gasteiger partial charge in [-0.2, -0.15) is 0 Å². The monoisotopic (exact) mass is 531 g/mol. The van der Waals surface area contributed by atoms with Gasteiger partial charge < -0.3 is 12.4 Å². The van der Waals surface area contributed by atoms with Gasteiger partial charge in [0.05, 0.1) is 13.1 Å². The minimum absolute atomic E-state index is 0. The molecule has 0 spiro atoms. The van der Waals surface area contributed by atoms with Crippen molar-refractivity contribution < 1.29 is 16.6 Å². The molecule has 0 N–H and O–H groups in total. The minimum atomic E-state index is -1.75. The molecule has 0 aromatic carbocycles. The van der Waals surface area contributed by atoms with E-state index in [9.17, 15) is 0 Å². The fourth-order valence-corrected chi connectivity index (χ4v) is 17.0. The van der Waals surface area contributed by atoms with E-state index in [0.29, 0.717) is 0 Å². The van der Waals surface area contributed by atoms with Crippen LogP contribution in [0.4, 0.5) is 0 Å². The third kappa shape index (κ3) is 4.81. The highest BCUT2D eigenvalue weighted by molar-refractivity contribution is 7.61. The molecular weight excluding hydrogens is 484 g/mol. The predicted octanol–water partition coefficient (Wildman–Crippen LogP) is 1.67. The van der Waals surface area contributed by atoms with Crippen molar-refractivity contribution in [1.82, 2.24) is 28.4 Å². The molecule has 0 amide bonds. The van der Waals surface area contributed by atoms with E-state index in [4.69, 9.17) is 0 Å². The van der Waals surface area contributed by atoms with Gasteiger partial charge in [-0.25, -0.2) is 23.4 Å². The zero-order chi connectivity index (χ0) is 22.1. The highest BCUT2D eigenvalue weighted by Crippen LogP contribution is 2.69. The van der Waals surface area contributed by atoms with Crippen molar-refractivity contribution >= 4 is 15.9 Å². The molecule has 0 unspecified atom stereocenters. The summed E-state index contributed by atoms with van der Waals surface area (Å²) in [7, 11) is -2.18. The predicted molar refractivity (Wildman–Crippen MR) is 139 cm³/mol. The number of hydrogen-bond acceptors (Lipinski definition) is 2. The van der Waals surface area contributed by atoms with Gasteiger partial charge in [-0.3, -0.25) is 0 Å². The lowest BCUT2D eigenvalue weighted by atomic mass is 10.4. The van der Waals surface area contributed by atoms with Gasteiger partial charge in [0.25, 0.3) is 0 Å². The third-order valence-electron chi connectivity index (χ3n) is 8.79. The summed E-state index contributed by atoms with van der Waals surface area (Å²) in [4.78, 5) is 0. The molecule has 0 aromatic rings. The Labute approximate surface area is 216 Å². The molecule has 6 aliphatic rings. The molecule has 7 nitrogen and oxygen atoms in total. The van der Waals surface area contributed by atoms with Crippen LogP contribution in [-0.2, 0) is 0 Å². The van der Waals surface area contributed by atoms with E-state index in [1.165, 1.54) is 156 Å². The van der Waals surface area contributed by atoms with E-state index >= 15 is 0 Å². The molecule has 6 fully saturated rings. The standard InChI is InChI=1S/C24H48N7P2.ClH/c1-2-14-25(13-1)31(32(26-15-3-4-16-26)27-17-5-6-18-27)33(28-19-7-8-20-28,29-21-9-10-22-29)30-23-11-12-24-30;/h1-24H2;1H/q+1;/p-1. The maximum atomic E-state index is 3.22. The Bertz CT molecular complexity index is 641. The maximum Gasteiger partial charge on any atom is 0.373 e. The van der Waals surface area contributed by atoms with Crippen LogP contribution in [0.1, 0.15) is 77.0 Å². The summed E-state index contributed by atoms with van der Waals surface area (Å²) >= 11 is 0. The Morgan fingerprint density at radius 2 is 0.706 bits per heavy atom. The summed E-state index contributed by atoms with van der Waals surface area (Å²) in [5.41, 5.74) is 0. The molecule has 6 heterocycles. The summed E-state index contributed by atoms with van der Waals surface area (Å²) in [6.07, 6.45) is 16.8. The van der Waals surface area contributed by atoms with Crippen LogP contribution >= 0.6 is 15.9 Å². The van der Waals surface area contributed by atoms with Crippen LogP contribution < -0.4 is 12.4 Å². The first-order valence-electron chi connectivity index (χ1n) is 14.4. The van der Waals surface area contributed by atoms with Crippen molar-refractivity contribution in [3.8, 4) is 0 Å². The summed E-state index contributed by atoms with van der Waals surface area (Å²) in [6, 6.07) is 0. The van der Waals surface area contributed by atoms with E-state index < -0.39 is 15.9 Å². The molecule has 0 aromatic heterocycles. The van der Waals surface area contributed by atoms with Crippen LogP contribution in [-0.4, -0.2) is 111 Å². The second kappa shape index (κ2) is 12.0. The summed E-state index contributed by atoms with van der Waals surface area (Å²) in [6.45, 7) is 15.8. The summed E-state index contributed by atoms with van der Waals surface area (Å²) in [5, 5.41) is 2.94. The van der Waals surface area contributed by atoms with Crippen LogP contribution in [0.3, 0.4) is 0 Å². The first-order valence-corrected chi connectivity index (χ1v) is 17.2. The number of rotatable bonds is 7. The van der Waals surface area contributed by atoms with E-state index in [2.05, 4.69) is 32.6 Å². The summed E-state index contributed by atoms with van der Waals surface area (Å²) < 4.78 is 18.4. The van der Waals surface area contributed by atoms with Crippen molar-refractivity contribution in [2.45, 2.75) is 77.0 Å². The molecule has 6 rings (SSSR count). The van der Waals surface area contributed by atoms with E-state index in [1.54, 1.807) is 0 Å². The molecule has 0 bridgehead atoms. The normalized spacial score (nSPS) is 29.2. The summed E-state index contributed by atoms with van der Waals surface area (Å²) in [5.74, 6) is 0. The van der Waals surface area contributed by atoms with Crippen molar-refractivity contribution in [3.63, 3.8) is 0 Å². The van der Waals surface area contributed by atoms with Gasteiger partial charge in [0.1, 0.15) is 0 Å².